The summed E-state index contributed by atoms with van der Waals surface area (Å²) in [6, 6.07) is 12.6. The molecule has 1 aromatic carbocycles. The lowest BCUT2D eigenvalue weighted by atomic mass is 9.91. The van der Waals surface area contributed by atoms with Gasteiger partial charge in [-0.25, -0.2) is 4.79 Å². The predicted octanol–water partition coefficient (Wildman–Crippen LogP) is 1.60. The molecule has 0 spiro atoms. The fourth-order valence-corrected chi connectivity index (χ4v) is 2.67. The lowest BCUT2D eigenvalue weighted by molar-refractivity contribution is -0.130. The number of hydrogen-bond donors (Lipinski definition) is 1. The number of carbonyl (C=O) groups excluding carboxylic acids is 3. The third kappa shape index (κ3) is 2.85. The number of pyridine rings is 1. The first-order chi connectivity index (χ1) is 12.0. The van der Waals surface area contributed by atoms with Crippen LogP contribution in [0.3, 0.4) is 0 Å². The summed E-state index contributed by atoms with van der Waals surface area (Å²) >= 11 is 0. The Hall–Kier alpha value is -3.53. The molecule has 1 unspecified atom stereocenters. The van der Waals surface area contributed by atoms with E-state index in [0.717, 1.165) is 4.90 Å². The molecular weight excluding hydrogens is 320 g/mol. The largest absolute Gasteiger partial charge is 0.325 e. The Morgan fingerprint density at radius 1 is 1.24 bits per heavy atom. The van der Waals surface area contributed by atoms with E-state index in [2.05, 4.69) is 10.3 Å². The van der Waals surface area contributed by atoms with E-state index in [1.165, 1.54) is 12.3 Å². The second-order valence-electron chi connectivity index (χ2n) is 5.77. The number of carbonyl (C=O) groups is 3. The summed E-state index contributed by atoms with van der Waals surface area (Å²) in [6.45, 7) is 1.19. The molecule has 3 rings (SSSR count). The fourth-order valence-electron chi connectivity index (χ4n) is 2.67. The number of ketones is 1. The van der Waals surface area contributed by atoms with Gasteiger partial charge in [0.1, 0.15) is 11.2 Å². The molecule has 124 valence electrons. The molecule has 2 heterocycles. The highest BCUT2D eigenvalue weighted by molar-refractivity contribution is 6.10. The zero-order valence-electron chi connectivity index (χ0n) is 13.4. The molecule has 1 N–H and O–H groups in total. The van der Waals surface area contributed by atoms with Gasteiger partial charge in [0.05, 0.1) is 18.2 Å². The average molecular weight is 334 g/mol. The summed E-state index contributed by atoms with van der Waals surface area (Å²) in [4.78, 5) is 42.1. The van der Waals surface area contributed by atoms with Crippen LogP contribution in [0.5, 0.6) is 0 Å². The van der Waals surface area contributed by atoms with E-state index in [0.29, 0.717) is 11.1 Å². The topological polar surface area (TPSA) is 103 Å². The molecule has 7 nitrogen and oxygen atoms in total. The Morgan fingerprint density at radius 3 is 2.56 bits per heavy atom. The second kappa shape index (κ2) is 6.17. The summed E-state index contributed by atoms with van der Waals surface area (Å²) in [5.41, 5.74) is -0.103. The van der Waals surface area contributed by atoms with Gasteiger partial charge in [0, 0.05) is 6.20 Å². The van der Waals surface area contributed by atoms with E-state index < -0.39 is 23.3 Å². The van der Waals surface area contributed by atoms with Crippen LogP contribution in [-0.2, 0) is 10.3 Å². The summed E-state index contributed by atoms with van der Waals surface area (Å²) in [7, 11) is 0. The lowest BCUT2D eigenvalue weighted by Crippen LogP contribution is -2.41. The zero-order chi connectivity index (χ0) is 18.0. The van der Waals surface area contributed by atoms with Gasteiger partial charge in [-0.2, -0.15) is 5.26 Å². The zero-order valence-corrected chi connectivity index (χ0v) is 13.4. The highest BCUT2D eigenvalue weighted by Crippen LogP contribution is 2.29. The number of Topliss-reactive ketones (excluding diaryl/α,β-unsaturated/α-hetero) is 1. The monoisotopic (exact) mass is 334 g/mol. The first-order valence-corrected chi connectivity index (χ1v) is 7.54. The van der Waals surface area contributed by atoms with Gasteiger partial charge < -0.3 is 5.32 Å². The molecular formula is C18H14N4O3. The number of hydrogen-bond acceptors (Lipinski definition) is 5. The van der Waals surface area contributed by atoms with E-state index >= 15 is 0 Å². The molecule has 1 aliphatic rings. The van der Waals surface area contributed by atoms with Crippen LogP contribution in [-0.4, -0.2) is 34.2 Å². The van der Waals surface area contributed by atoms with Crippen LogP contribution < -0.4 is 5.32 Å². The number of nitrogens with zero attached hydrogens (tertiary/aromatic N) is 3. The highest BCUT2D eigenvalue weighted by atomic mass is 16.2. The molecule has 0 aliphatic carbocycles. The van der Waals surface area contributed by atoms with Gasteiger partial charge in [0.15, 0.2) is 0 Å². The molecule has 2 aromatic rings. The van der Waals surface area contributed by atoms with E-state index in [9.17, 15) is 14.4 Å². The Kier molecular flexibility index (Phi) is 4.03. The van der Waals surface area contributed by atoms with Gasteiger partial charge in [0.25, 0.3) is 5.91 Å². The van der Waals surface area contributed by atoms with Crippen molar-refractivity contribution < 1.29 is 14.4 Å². The van der Waals surface area contributed by atoms with Gasteiger partial charge in [-0.3, -0.25) is 19.5 Å². The van der Waals surface area contributed by atoms with E-state index in [4.69, 9.17) is 5.26 Å². The van der Waals surface area contributed by atoms with Crippen molar-refractivity contribution in [2.75, 3.05) is 6.54 Å². The van der Waals surface area contributed by atoms with Gasteiger partial charge in [-0.05, 0) is 36.8 Å². The summed E-state index contributed by atoms with van der Waals surface area (Å²) in [5, 5.41) is 11.5. The van der Waals surface area contributed by atoms with Crippen LogP contribution in [0.1, 0.15) is 28.5 Å². The van der Waals surface area contributed by atoms with Crippen molar-refractivity contribution in [2.45, 2.75) is 12.5 Å². The highest BCUT2D eigenvalue weighted by Gasteiger charge is 2.49. The number of nitriles is 1. The Morgan fingerprint density at radius 2 is 1.96 bits per heavy atom. The SMILES string of the molecule is CC1(c2ccc(C#N)cc2)NC(=O)N(CC(=O)c2ccccn2)C1=O. The minimum Gasteiger partial charge on any atom is -0.319 e. The van der Waals surface area contributed by atoms with Crippen molar-refractivity contribution in [2.24, 2.45) is 0 Å². The van der Waals surface area contributed by atoms with Gasteiger partial charge in [-0.15, -0.1) is 0 Å². The Balaban J connectivity index is 1.84. The molecule has 1 aromatic heterocycles. The predicted molar refractivity (Wildman–Crippen MR) is 87.3 cm³/mol. The molecule has 0 radical (unpaired) electrons. The first kappa shape index (κ1) is 16.3. The standard InChI is InChI=1S/C18H14N4O3/c1-18(13-7-5-12(10-19)6-8-13)16(24)22(17(25)21-18)11-15(23)14-4-2-3-9-20-14/h2-9H,11H2,1H3,(H,21,25). The Labute approximate surface area is 143 Å². The number of urea groups is 1. The molecule has 7 heteroatoms. The Bertz CT molecular complexity index is 887. The van der Waals surface area contributed by atoms with E-state index in [1.807, 2.05) is 6.07 Å². The number of amides is 3. The maximum atomic E-state index is 12.8. The van der Waals surface area contributed by atoms with E-state index in [-0.39, 0.29) is 12.2 Å². The number of nitrogens with one attached hydrogen (secondary N) is 1. The number of imide groups is 1. The third-order valence-electron chi connectivity index (χ3n) is 4.12. The molecule has 0 bridgehead atoms. The van der Waals surface area contributed by atoms with Crippen LogP contribution in [0.4, 0.5) is 4.79 Å². The number of rotatable bonds is 4. The first-order valence-electron chi connectivity index (χ1n) is 7.54. The minimum absolute atomic E-state index is 0.190. The van der Waals surface area contributed by atoms with Crippen LogP contribution in [0.2, 0.25) is 0 Å². The summed E-state index contributed by atoms with van der Waals surface area (Å²) in [6.07, 6.45) is 1.47. The van der Waals surface area contributed by atoms with Crippen LogP contribution in [0.15, 0.2) is 48.7 Å². The van der Waals surface area contributed by atoms with Crippen molar-refractivity contribution in [1.29, 1.82) is 5.26 Å². The second-order valence-corrected chi connectivity index (χ2v) is 5.77. The van der Waals surface area contributed by atoms with Crippen molar-refractivity contribution in [3.05, 3.63) is 65.5 Å². The lowest BCUT2D eigenvalue weighted by Gasteiger charge is -2.22. The van der Waals surface area contributed by atoms with Gasteiger partial charge in [-0.1, -0.05) is 18.2 Å². The quantitative estimate of drug-likeness (QED) is 0.676. The third-order valence-corrected chi connectivity index (χ3v) is 4.12. The van der Waals surface area contributed by atoms with Gasteiger partial charge >= 0.3 is 6.03 Å². The van der Waals surface area contributed by atoms with Crippen molar-refractivity contribution in [3.8, 4) is 6.07 Å². The maximum Gasteiger partial charge on any atom is 0.325 e. The fraction of sp³-hybridized carbons (Fsp3) is 0.167. The molecule has 25 heavy (non-hydrogen) atoms. The number of aromatic nitrogens is 1. The van der Waals surface area contributed by atoms with Crippen molar-refractivity contribution in [3.63, 3.8) is 0 Å². The molecule has 3 amide bonds. The maximum absolute atomic E-state index is 12.8. The van der Waals surface area contributed by atoms with Gasteiger partial charge in [0.2, 0.25) is 5.78 Å². The number of benzene rings is 1. The molecule has 1 fully saturated rings. The summed E-state index contributed by atoms with van der Waals surface area (Å²) < 4.78 is 0. The molecule has 1 aliphatic heterocycles. The minimum atomic E-state index is -1.28. The molecule has 1 saturated heterocycles. The van der Waals surface area contributed by atoms with E-state index in [1.54, 1.807) is 43.3 Å². The van der Waals surface area contributed by atoms with Crippen molar-refractivity contribution in [1.82, 2.24) is 15.2 Å². The normalized spacial score (nSPS) is 19.4. The molecule has 0 saturated carbocycles. The average Bonchev–Trinajstić information content (AvgIpc) is 2.86. The van der Waals surface area contributed by atoms with Crippen LogP contribution in [0.25, 0.3) is 0 Å². The van der Waals surface area contributed by atoms with Crippen LogP contribution in [0, 0.1) is 11.3 Å². The smallest absolute Gasteiger partial charge is 0.319 e. The van der Waals surface area contributed by atoms with Crippen LogP contribution >= 0.6 is 0 Å². The van der Waals surface area contributed by atoms with Crippen molar-refractivity contribution >= 4 is 17.7 Å². The molecule has 1 atom stereocenters. The summed E-state index contributed by atoms with van der Waals surface area (Å²) in [5.74, 6) is -0.945.